The van der Waals surface area contributed by atoms with E-state index in [1.54, 1.807) is 6.07 Å². The second-order valence-electron chi connectivity index (χ2n) is 4.15. The van der Waals surface area contributed by atoms with Crippen molar-refractivity contribution < 1.29 is 14.3 Å². The van der Waals surface area contributed by atoms with Gasteiger partial charge in [-0.2, -0.15) is 0 Å². The molecule has 5 nitrogen and oxygen atoms in total. The molecule has 3 rings (SSSR count). The molecule has 2 heterocycles. The molecule has 0 spiro atoms. The highest BCUT2D eigenvalue weighted by Crippen LogP contribution is 2.31. The third kappa shape index (κ3) is 2.53. The van der Waals surface area contributed by atoms with E-state index in [1.165, 1.54) is 11.3 Å². The van der Waals surface area contributed by atoms with Crippen LogP contribution in [0.5, 0.6) is 11.5 Å². The summed E-state index contributed by atoms with van der Waals surface area (Å²) < 4.78 is 11.1. The van der Waals surface area contributed by atoms with Crippen LogP contribution in [-0.2, 0) is 4.79 Å². The fourth-order valence-electron chi connectivity index (χ4n) is 1.75. The lowest BCUT2D eigenvalue weighted by molar-refractivity contribution is -0.125. The van der Waals surface area contributed by atoms with Gasteiger partial charge in [-0.1, -0.05) is 12.1 Å². The van der Waals surface area contributed by atoms with Gasteiger partial charge in [0.05, 0.1) is 5.69 Å². The Labute approximate surface area is 114 Å². The van der Waals surface area contributed by atoms with Crippen molar-refractivity contribution in [3.63, 3.8) is 0 Å². The first kappa shape index (κ1) is 12.0. The molecule has 0 unspecified atom stereocenters. The number of nitrogens with zero attached hydrogens (tertiary/aromatic N) is 1. The number of benzene rings is 1. The predicted octanol–water partition coefficient (Wildman–Crippen LogP) is 2.23. The van der Waals surface area contributed by atoms with Crippen LogP contribution in [0.3, 0.4) is 0 Å². The number of aromatic nitrogens is 1. The van der Waals surface area contributed by atoms with Gasteiger partial charge in [0, 0.05) is 5.38 Å². The van der Waals surface area contributed by atoms with E-state index in [9.17, 15) is 4.79 Å². The zero-order valence-electron chi connectivity index (χ0n) is 10.3. The maximum atomic E-state index is 12.0. The Hall–Kier alpha value is -2.08. The van der Waals surface area contributed by atoms with Gasteiger partial charge in [0.15, 0.2) is 16.6 Å². The van der Waals surface area contributed by atoms with Crippen molar-refractivity contribution in [2.45, 2.75) is 13.0 Å². The second kappa shape index (κ2) is 4.89. The quantitative estimate of drug-likeness (QED) is 0.913. The molecule has 98 valence electrons. The van der Waals surface area contributed by atoms with E-state index in [0.29, 0.717) is 16.6 Å². The van der Waals surface area contributed by atoms with Crippen molar-refractivity contribution in [2.75, 3.05) is 11.9 Å². The molecule has 0 radical (unpaired) electrons. The van der Waals surface area contributed by atoms with Crippen molar-refractivity contribution in [3.05, 3.63) is 35.3 Å². The van der Waals surface area contributed by atoms with Gasteiger partial charge in [-0.25, -0.2) is 4.98 Å². The van der Waals surface area contributed by atoms with Crippen molar-refractivity contribution in [2.24, 2.45) is 0 Å². The molecule has 0 saturated heterocycles. The smallest absolute Gasteiger partial charge is 0.270 e. The van der Waals surface area contributed by atoms with Gasteiger partial charge in [0.1, 0.15) is 6.61 Å². The number of thiazole rings is 1. The number of anilines is 1. The molecule has 0 saturated carbocycles. The first-order chi connectivity index (χ1) is 9.22. The molecule has 1 aromatic heterocycles. The molecular formula is C13H12N2O3S. The molecular weight excluding hydrogens is 264 g/mol. The number of fused-ring (bicyclic) bond motifs is 1. The van der Waals surface area contributed by atoms with Crippen LogP contribution >= 0.6 is 11.3 Å². The van der Waals surface area contributed by atoms with E-state index in [1.807, 2.05) is 30.5 Å². The van der Waals surface area contributed by atoms with Gasteiger partial charge in [0.2, 0.25) is 6.10 Å². The van der Waals surface area contributed by atoms with Crippen molar-refractivity contribution >= 4 is 22.4 Å². The highest BCUT2D eigenvalue weighted by Gasteiger charge is 2.27. The summed E-state index contributed by atoms with van der Waals surface area (Å²) in [5.41, 5.74) is 0.881. The minimum absolute atomic E-state index is 0.202. The number of carbonyl (C=O) groups excluding carboxylic acids is 1. The predicted molar refractivity (Wildman–Crippen MR) is 71.8 cm³/mol. The Kier molecular flexibility index (Phi) is 3.08. The number of para-hydroxylation sites is 2. The van der Waals surface area contributed by atoms with E-state index in [2.05, 4.69) is 10.3 Å². The maximum absolute atomic E-state index is 12.0. The van der Waals surface area contributed by atoms with E-state index in [0.717, 1.165) is 5.69 Å². The second-order valence-corrected chi connectivity index (χ2v) is 5.01. The van der Waals surface area contributed by atoms with Crippen molar-refractivity contribution in [1.82, 2.24) is 4.98 Å². The number of carbonyl (C=O) groups is 1. The van der Waals surface area contributed by atoms with Crippen LogP contribution in [0.1, 0.15) is 5.69 Å². The summed E-state index contributed by atoms with van der Waals surface area (Å²) in [6, 6.07) is 7.30. The minimum Gasteiger partial charge on any atom is -0.485 e. The fraction of sp³-hybridized carbons (Fsp3) is 0.231. The summed E-state index contributed by atoms with van der Waals surface area (Å²) in [7, 11) is 0. The molecule has 1 aliphatic heterocycles. The van der Waals surface area contributed by atoms with Gasteiger partial charge in [-0.05, 0) is 19.1 Å². The molecule has 0 bridgehead atoms. The SMILES string of the molecule is Cc1csc(NC(=O)[C@@H]2COc3ccccc3O2)n1. The van der Waals surface area contributed by atoms with E-state index < -0.39 is 6.10 Å². The molecule has 0 aliphatic carbocycles. The summed E-state index contributed by atoms with van der Waals surface area (Å²) in [6.07, 6.45) is -0.654. The topological polar surface area (TPSA) is 60.5 Å². The van der Waals surface area contributed by atoms with Gasteiger partial charge in [-0.3, -0.25) is 10.1 Å². The summed E-state index contributed by atoms with van der Waals surface area (Å²) >= 11 is 1.39. The van der Waals surface area contributed by atoms with Crippen LogP contribution in [-0.4, -0.2) is 23.6 Å². The number of hydrogen-bond donors (Lipinski definition) is 1. The number of ether oxygens (including phenoxy) is 2. The fourth-order valence-corrected chi connectivity index (χ4v) is 2.44. The van der Waals surface area contributed by atoms with Gasteiger partial charge >= 0.3 is 0 Å². The van der Waals surface area contributed by atoms with E-state index >= 15 is 0 Å². The summed E-state index contributed by atoms with van der Waals surface area (Å²) in [5, 5.41) is 5.18. The lowest BCUT2D eigenvalue weighted by atomic mass is 10.2. The minimum atomic E-state index is -0.654. The van der Waals surface area contributed by atoms with Crippen LogP contribution < -0.4 is 14.8 Å². The Morgan fingerprint density at radius 3 is 2.95 bits per heavy atom. The largest absolute Gasteiger partial charge is 0.485 e. The van der Waals surface area contributed by atoms with Crippen molar-refractivity contribution in [3.8, 4) is 11.5 Å². The Bertz CT molecular complexity index is 611. The molecule has 0 fully saturated rings. The first-order valence-electron chi connectivity index (χ1n) is 5.84. The number of hydrogen-bond acceptors (Lipinski definition) is 5. The Balaban J connectivity index is 1.69. The highest BCUT2D eigenvalue weighted by molar-refractivity contribution is 7.13. The highest BCUT2D eigenvalue weighted by atomic mass is 32.1. The average molecular weight is 276 g/mol. The molecule has 19 heavy (non-hydrogen) atoms. The number of amides is 1. The van der Waals surface area contributed by atoms with Crippen LogP contribution in [0.2, 0.25) is 0 Å². The summed E-state index contributed by atoms with van der Waals surface area (Å²) in [4.78, 5) is 16.2. The number of nitrogens with one attached hydrogen (secondary N) is 1. The molecule has 1 aliphatic rings. The molecule has 1 N–H and O–H groups in total. The van der Waals surface area contributed by atoms with Crippen LogP contribution in [0.25, 0.3) is 0 Å². The Morgan fingerprint density at radius 1 is 1.42 bits per heavy atom. The van der Waals surface area contributed by atoms with Gasteiger partial charge < -0.3 is 9.47 Å². The summed E-state index contributed by atoms with van der Waals surface area (Å²) in [6.45, 7) is 2.08. The van der Waals surface area contributed by atoms with Crippen LogP contribution in [0.4, 0.5) is 5.13 Å². The zero-order valence-corrected chi connectivity index (χ0v) is 11.1. The standard InChI is InChI=1S/C13H12N2O3S/c1-8-7-19-13(14-8)15-12(16)11-6-17-9-4-2-3-5-10(9)18-11/h2-5,7,11H,6H2,1H3,(H,14,15,16)/t11-/m0/s1. The molecule has 1 amide bonds. The molecule has 6 heteroatoms. The normalized spacial score (nSPS) is 17.0. The maximum Gasteiger partial charge on any atom is 0.270 e. The third-order valence-corrected chi connectivity index (χ3v) is 3.53. The zero-order chi connectivity index (χ0) is 13.2. The Morgan fingerprint density at radius 2 is 2.21 bits per heavy atom. The summed E-state index contributed by atoms with van der Waals surface area (Å²) in [5.74, 6) is 1.00. The monoisotopic (exact) mass is 276 g/mol. The molecule has 2 aromatic rings. The molecule has 1 aromatic carbocycles. The number of rotatable bonds is 2. The van der Waals surface area contributed by atoms with Crippen LogP contribution in [0, 0.1) is 6.92 Å². The van der Waals surface area contributed by atoms with Crippen molar-refractivity contribution in [1.29, 1.82) is 0 Å². The average Bonchev–Trinajstić information content (AvgIpc) is 2.83. The van der Waals surface area contributed by atoms with Gasteiger partial charge in [0.25, 0.3) is 5.91 Å². The van der Waals surface area contributed by atoms with E-state index in [4.69, 9.17) is 9.47 Å². The molecule has 1 atom stereocenters. The number of aryl methyl sites for hydroxylation is 1. The van der Waals surface area contributed by atoms with E-state index in [-0.39, 0.29) is 12.5 Å². The third-order valence-electron chi connectivity index (χ3n) is 2.65. The lowest BCUT2D eigenvalue weighted by Crippen LogP contribution is -2.40. The van der Waals surface area contributed by atoms with Crippen LogP contribution in [0.15, 0.2) is 29.6 Å². The first-order valence-corrected chi connectivity index (χ1v) is 6.72. The van der Waals surface area contributed by atoms with Gasteiger partial charge in [-0.15, -0.1) is 11.3 Å². The lowest BCUT2D eigenvalue weighted by Gasteiger charge is -2.25.